The van der Waals surface area contributed by atoms with E-state index in [-0.39, 0.29) is 11.9 Å². The zero-order chi connectivity index (χ0) is 17.7. The van der Waals surface area contributed by atoms with Gasteiger partial charge in [0.15, 0.2) is 5.82 Å². The van der Waals surface area contributed by atoms with Gasteiger partial charge in [0.1, 0.15) is 5.56 Å². The molecule has 0 aromatic carbocycles. The van der Waals surface area contributed by atoms with Crippen molar-refractivity contribution in [3.63, 3.8) is 0 Å². The molecule has 1 saturated heterocycles. The van der Waals surface area contributed by atoms with Crippen molar-refractivity contribution in [2.45, 2.75) is 37.8 Å². The lowest BCUT2D eigenvalue weighted by Gasteiger charge is -2.44. The van der Waals surface area contributed by atoms with Crippen LogP contribution in [-0.4, -0.2) is 63.6 Å². The summed E-state index contributed by atoms with van der Waals surface area (Å²) < 4.78 is 7.42. The Morgan fingerprint density at radius 1 is 1.27 bits per heavy atom. The van der Waals surface area contributed by atoms with Gasteiger partial charge in [-0.2, -0.15) is 10.2 Å². The molecule has 1 aliphatic carbocycles. The maximum atomic E-state index is 12.8. The molecular formula is C18H22N6O2. The Labute approximate surface area is 151 Å². The first-order chi connectivity index (χ1) is 12.7. The van der Waals surface area contributed by atoms with Crippen LogP contribution in [0.5, 0.6) is 5.88 Å². The van der Waals surface area contributed by atoms with Gasteiger partial charge in [0.25, 0.3) is 5.91 Å². The zero-order valence-corrected chi connectivity index (χ0v) is 14.8. The molecule has 26 heavy (non-hydrogen) atoms. The highest BCUT2D eigenvalue weighted by Crippen LogP contribution is 2.39. The molecule has 8 nitrogen and oxygen atoms in total. The Kier molecular flexibility index (Phi) is 3.58. The molecule has 0 bridgehead atoms. The van der Waals surface area contributed by atoms with Crippen molar-refractivity contribution in [1.82, 2.24) is 24.9 Å². The number of anilines is 1. The minimum absolute atomic E-state index is 0.0343. The molecule has 5 rings (SSSR count). The fourth-order valence-electron chi connectivity index (χ4n) is 3.56. The Balaban J connectivity index is 1.22. The molecule has 2 fully saturated rings. The van der Waals surface area contributed by atoms with Crippen LogP contribution in [0.15, 0.2) is 18.3 Å². The van der Waals surface area contributed by atoms with Crippen molar-refractivity contribution >= 4 is 11.7 Å². The predicted molar refractivity (Wildman–Crippen MR) is 94.4 cm³/mol. The third-order valence-corrected chi connectivity index (χ3v) is 5.50. The van der Waals surface area contributed by atoms with E-state index in [1.807, 2.05) is 13.1 Å². The van der Waals surface area contributed by atoms with Crippen LogP contribution in [0.1, 0.15) is 41.2 Å². The molecule has 2 aromatic heterocycles. The summed E-state index contributed by atoms with van der Waals surface area (Å²) in [4.78, 5) is 16.8. The second-order valence-corrected chi connectivity index (χ2v) is 7.35. The SMILES string of the molecule is CN(C(=O)c1cnn2c1OCCC2)C1CN(c2ccc(C3CC3)nn2)C1. The smallest absolute Gasteiger partial charge is 0.261 e. The average molecular weight is 354 g/mol. The largest absolute Gasteiger partial charge is 0.477 e. The van der Waals surface area contributed by atoms with Crippen LogP contribution >= 0.6 is 0 Å². The van der Waals surface area contributed by atoms with E-state index in [9.17, 15) is 4.79 Å². The molecule has 2 aromatic rings. The number of carbonyl (C=O) groups excluding carboxylic acids is 1. The summed E-state index contributed by atoms with van der Waals surface area (Å²) in [6.07, 6.45) is 5.01. The minimum atomic E-state index is -0.0343. The van der Waals surface area contributed by atoms with Gasteiger partial charge in [-0.25, -0.2) is 4.68 Å². The van der Waals surface area contributed by atoms with Crippen LogP contribution < -0.4 is 9.64 Å². The van der Waals surface area contributed by atoms with E-state index < -0.39 is 0 Å². The molecule has 8 heteroatoms. The molecule has 1 saturated carbocycles. The maximum absolute atomic E-state index is 12.8. The zero-order valence-electron chi connectivity index (χ0n) is 14.8. The molecule has 0 N–H and O–H groups in total. The summed E-state index contributed by atoms with van der Waals surface area (Å²) in [5, 5.41) is 13.0. The van der Waals surface area contributed by atoms with Crippen molar-refractivity contribution in [2.75, 3.05) is 31.6 Å². The second kappa shape index (κ2) is 5.96. The first-order valence-corrected chi connectivity index (χ1v) is 9.25. The van der Waals surface area contributed by atoms with Crippen LogP contribution in [0.2, 0.25) is 0 Å². The van der Waals surface area contributed by atoms with Crippen molar-refractivity contribution in [2.24, 2.45) is 0 Å². The highest BCUT2D eigenvalue weighted by atomic mass is 16.5. The molecule has 136 valence electrons. The highest BCUT2D eigenvalue weighted by Gasteiger charge is 2.36. The van der Waals surface area contributed by atoms with E-state index in [1.54, 1.807) is 15.8 Å². The van der Waals surface area contributed by atoms with Crippen molar-refractivity contribution in [3.8, 4) is 5.88 Å². The summed E-state index contributed by atoms with van der Waals surface area (Å²) in [7, 11) is 1.85. The number of hydrogen-bond acceptors (Lipinski definition) is 6. The van der Waals surface area contributed by atoms with Gasteiger partial charge in [-0.15, -0.1) is 5.10 Å². The summed E-state index contributed by atoms with van der Waals surface area (Å²) >= 11 is 0. The molecule has 0 unspecified atom stereocenters. The van der Waals surface area contributed by atoms with Crippen molar-refractivity contribution in [3.05, 3.63) is 29.6 Å². The van der Waals surface area contributed by atoms with E-state index in [0.29, 0.717) is 24.0 Å². The Morgan fingerprint density at radius 3 is 2.85 bits per heavy atom. The third-order valence-electron chi connectivity index (χ3n) is 5.50. The molecule has 4 heterocycles. The van der Waals surface area contributed by atoms with Crippen molar-refractivity contribution < 1.29 is 9.53 Å². The third kappa shape index (κ3) is 2.60. The molecule has 0 spiro atoms. The fraction of sp³-hybridized carbons (Fsp3) is 0.556. The highest BCUT2D eigenvalue weighted by molar-refractivity contribution is 5.96. The van der Waals surface area contributed by atoms with Gasteiger partial charge >= 0.3 is 0 Å². The molecule has 0 radical (unpaired) electrons. The van der Waals surface area contributed by atoms with E-state index in [2.05, 4.69) is 26.3 Å². The monoisotopic (exact) mass is 354 g/mol. The molecule has 1 amide bonds. The number of amides is 1. The normalized spacial score (nSPS) is 19.5. The summed E-state index contributed by atoms with van der Waals surface area (Å²) in [5.74, 6) is 2.07. The summed E-state index contributed by atoms with van der Waals surface area (Å²) in [6, 6.07) is 4.28. The van der Waals surface area contributed by atoms with E-state index in [1.165, 1.54) is 12.8 Å². The van der Waals surface area contributed by atoms with Crippen LogP contribution in [0, 0.1) is 0 Å². The van der Waals surface area contributed by atoms with E-state index >= 15 is 0 Å². The quantitative estimate of drug-likeness (QED) is 0.824. The topological polar surface area (TPSA) is 76.4 Å². The lowest BCUT2D eigenvalue weighted by atomic mass is 10.1. The van der Waals surface area contributed by atoms with Crippen LogP contribution in [-0.2, 0) is 6.54 Å². The van der Waals surface area contributed by atoms with Crippen LogP contribution in [0.3, 0.4) is 0 Å². The van der Waals surface area contributed by atoms with Gasteiger partial charge in [0.05, 0.1) is 24.5 Å². The lowest BCUT2D eigenvalue weighted by molar-refractivity contribution is 0.0698. The van der Waals surface area contributed by atoms with Crippen molar-refractivity contribution in [1.29, 1.82) is 0 Å². The average Bonchev–Trinajstić information content (AvgIpc) is 3.39. The first-order valence-electron chi connectivity index (χ1n) is 9.25. The number of nitrogens with zero attached hydrogens (tertiary/aromatic N) is 6. The number of ether oxygens (including phenoxy) is 1. The number of aryl methyl sites for hydroxylation is 1. The van der Waals surface area contributed by atoms with E-state index in [4.69, 9.17) is 4.74 Å². The summed E-state index contributed by atoms with van der Waals surface area (Å²) in [6.45, 7) is 2.98. The fourth-order valence-corrected chi connectivity index (χ4v) is 3.56. The van der Waals surface area contributed by atoms with Gasteiger partial charge in [-0.3, -0.25) is 4.79 Å². The summed E-state index contributed by atoms with van der Waals surface area (Å²) in [5.41, 5.74) is 1.66. The number of fused-ring (bicyclic) bond motifs is 1. The molecule has 2 aliphatic heterocycles. The second-order valence-electron chi connectivity index (χ2n) is 7.35. The van der Waals surface area contributed by atoms with Gasteiger partial charge in [0.2, 0.25) is 5.88 Å². The van der Waals surface area contributed by atoms with Gasteiger partial charge in [0, 0.05) is 39.0 Å². The first kappa shape index (κ1) is 15.6. The number of hydrogen-bond donors (Lipinski definition) is 0. The van der Waals surface area contributed by atoms with E-state index in [0.717, 1.165) is 37.6 Å². The van der Waals surface area contributed by atoms with Gasteiger partial charge < -0.3 is 14.5 Å². The maximum Gasteiger partial charge on any atom is 0.261 e. The Hall–Kier alpha value is -2.64. The molecular weight excluding hydrogens is 332 g/mol. The minimum Gasteiger partial charge on any atom is -0.477 e. The predicted octanol–water partition coefficient (Wildman–Crippen LogP) is 1.29. The lowest BCUT2D eigenvalue weighted by Crippen LogP contribution is -2.60. The number of aromatic nitrogens is 4. The number of rotatable bonds is 4. The Morgan fingerprint density at radius 2 is 2.12 bits per heavy atom. The van der Waals surface area contributed by atoms with Crippen LogP contribution in [0.25, 0.3) is 0 Å². The van der Waals surface area contributed by atoms with Gasteiger partial charge in [-0.1, -0.05) is 0 Å². The number of likely N-dealkylation sites (N-methyl/N-ethyl adjacent to an activating group) is 1. The Bertz CT molecular complexity index is 823. The van der Waals surface area contributed by atoms with Gasteiger partial charge in [-0.05, 0) is 25.0 Å². The van der Waals surface area contributed by atoms with Crippen LogP contribution in [0.4, 0.5) is 5.82 Å². The molecule has 3 aliphatic rings. The molecule has 0 atom stereocenters. The standard InChI is InChI=1S/C18H22N6O2/c1-22(17(25)14-9-19-24-7-2-8-26-18(14)24)13-10-23(11-13)16-6-5-15(20-21-16)12-3-4-12/h5-6,9,12-13H,2-4,7-8,10-11H2,1H3. The number of carbonyl (C=O) groups is 1.